The van der Waals surface area contributed by atoms with Gasteiger partial charge < -0.3 is 15.2 Å². The average molecular weight is 237 g/mol. The number of hydrogen-bond donors (Lipinski definition) is 1. The number of anilines is 1. The van der Waals surface area contributed by atoms with Gasteiger partial charge in [0, 0.05) is 17.9 Å². The Labute approximate surface area is 104 Å². The van der Waals surface area contributed by atoms with Gasteiger partial charge in [-0.25, -0.2) is 0 Å². The molecule has 0 atom stereocenters. The van der Waals surface area contributed by atoms with E-state index in [4.69, 9.17) is 15.2 Å². The molecule has 1 aromatic carbocycles. The Balaban J connectivity index is 2.37. The SMILES string of the molecule is COc1ccc(N)cc1COCCCC(C)C. The lowest BCUT2D eigenvalue weighted by atomic mass is 10.1. The predicted octanol–water partition coefficient (Wildman–Crippen LogP) is 3.23. The molecule has 0 bridgehead atoms. The number of benzene rings is 1. The van der Waals surface area contributed by atoms with E-state index >= 15 is 0 Å². The zero-order valence-corrected chi connectivity index (χ0v) is 11.0. The fourth-order valence-electron chi connectivity index (χ4n) is 1.69. The maximum Gasteiger partial charge on any atom is 0.124 e. The van der Waals surface area contributed by atoms with E-state index in [0.717, 1.165) is 35.9 Å². The highest BCUT2D eigenvalue weighted by Crippen LogP contribution is 2.21. The summed E-state index contributed by atoms with van der Waals surface area (Å²) in [6, 6.07) is 5.62. The summed E-state index contributed by atoms with van der Waals surface area (Å²) in [6.07, 6.45) is 2.30. The average Bonchev–Trinajstić information content (AvgIpc) is 2.28. The van der Waals surface area contributed by atoms with Crippen LogP contribution in [0, 0.1) is 5.92 Å². The van der Waals surface area contributed by atoms with E-state index in [2.05, 4.69) is 13.8 Å². The summed E-state index contributed by atoms with van der Waals surface area (Å²) in [5.41, 5.74) is 7.49. The van der Waals surface area contributed by atoms with Crippen molar-refractivity contribution in [3.63, 3.8) is 0 Å². The van der Waals surface area contributed by atoms with Gasteiger partial charge in [-0.15, -0.1) is 0 Å². The molecule has 0 heterocycles. The van der Waals surface area contributed by atoms with Gasteiger partial charge in [0.05, 0.1) is 13.7 Å². The highest BCUT2D eigenvalue weighted by Gasteiger charge is 2.03. The van der Waals surface area contributed by atoms with Crippen molar-refractivity contribution < 1.29 is 9.47 Å². The second-order valence-corrected chi connectivity index (χ2v) is 4.66. The Morgan fingerprint density at radius 3 is 2.71 bits per heavy atom. The maximum absolute atomic E-state index is 5.74. The van der Waals surface area contributed by atoms with Gasteiger partial charge in [0.1, 0.15) is 5.75 Å². The molecule has 1 rings (SSSR count). The Hall–Kier alpha value is -1.22. The maximum atomic E-state index is 5.74. The standard InChI is InChI=1S/C14H23NO2/c1-11(2)5-4-8-17-10-12-9-13(15)6-7-14(12)16-3/h6-7,9,11H,4-5,8,10,15H2,1-3H3. The lowest BCUT2D eigenvalue weighted by molar-refractivity contribution is 0.113. The summed E-state index contributed by atoms with van der Waals surface area (Å²) < 4.78 is 10.9. The number of ether oxygens (including phenoxy) is 2. The van der Waals surface area contributed by atoms with Crippen LogP contribution in [-0.2, 0) is 11.3 Å². The molecule has 0 fully saturated rings. The number of methoxy groups -OCH3 is 1. The van der Waals surface area contributed by atoms with Crippen LogP contribution in [0.4, 0.5) is 5.69 Å². The van der Waals surface area contributed by atoms with Crippen molar-refractivity contribution in [3.8, 4) is 5.75 Å². The molecule has 0 amide bonds. The lowest BCUT2D eigenvalue weighted by Gasteiger charge is -2.10. The van der Waals surface area contributed by atoms with Crippen molar-refractivity contribution in [1.29, 1.82) is 0 Å². The van der Waals surface area contributed by atoms with Crippen LogP contribution in [0.15, 0.2) is 18.2 Å². The highest BCUT2D eigenvalue weighted by molar-refractivity contribution is 5.47. The second-order valence-electron chi connectivity index (χ2n) is 4.66. The lowest BCUT2D eigenvalue weighted by Crippen LogP contribution is -2.00. The first kappa shape index (κ1) is 13.8. The van der Waals surface area contributed by atoms with E-state index in [9.17, 15) is 0 Å². The molecule has 96 valence electrons. The summed E-state index contributed by atoms with van der Waals surface area (Å²) in [5, 5.41) is 0. The smallest absolute Gasteiger partial charge is 0.124 e. The number of rotatable bonds is 7. The Bertz CT molecular complexity index is 337. The molecular formula is C14H23NO2. The second kappa shape index (κ2) is 7.17. The van der Waals surface area contributed by atoms with Crippen molar-refractivity contribution in [2.75, 3.05) is 19.5 Å². The molecule has 17 heavy (non-hydrogen) atoms. The first-order chi connectivity index (χ1) is 8.13. The van der Waals surface area contributed by atoms with Gasteiger partial charge in [-0.1, -0.05) is 13.8 Å². The molecule has 0 saturated heterocycles. The minimum absolute atomic E-state index is 0.562. The van der Waals surface area contributed by atoms with Crippen LogP contribution < -0.4 is 10.5 Å². The van der Waals surface area contributed by atoms with Crippen molar-refractivity contribution in [1.82, 2.24) is 0 Å². The van der Waals surface area contributed by atoms with Gasteiger partial charge >= 0.3 is 0 Å². The zero-order valence-electron chi connectivity index (χ0n) is 11.0. The third-order valence-electron chi connectivity index (χ3n) is 2.63. The molecule has 0 unspecified atom stereocenters. The van der Waals surface area contributed by atoms with Gasteiger partial charge in [-0.05, 0) is 37.0 Å². The number of nitrogens with two attached hydrogens (primary N) is 1. The highest BCUT2D eigenvalue weighted by atomic mass is 16.5. The van der Waals surface area contributed by atoms with Gasteiger partial charge in [0.25, 0.3) is 0 Å². The molecule has 2 N–H and O–H groups in total. The van der Waals surface area contributed by atoms with Crippen molar-refractivity contribution >= 4 is 5.69 Å². The van der Waals surface area contributed by atoms with E-state index in [-0.39, 0.29) is 0 Å². The topological polar surface area (TPSA) is 44.5 Å². The van der Waals surface area contributed by atoms with Gasteiger partial charge in [-0.2, -0.15) is 0 Å². The third kappa shape index (κ3) is 5.09. The summed E-state index contributed by atoms with van der Waals surface area (Å²) in [4.78, 5) is 0. The first-order valence-corrected chi connectivity index (χ1v) is 6.13. The van der Waals surface area contributed by atoms with Crippen LogP contribution in [0.3, 0.4) is 0 Å². The molecule has 3 heteroatoms. The normalized spacial score (nSPS) is 10.8. The fourth-order valence-corrected chi connectivity index (χ4v) is 1.69. The zero-order chi connectivity index (χ0) is 12.7. The van der Waals surface area contributed by atoms with E-state index in [1.165, 1.54) is 6.42 Å². The van der Waals surface area contributed by atoms with Crippen molar-refractivity contribution in [2.45, 2.75) is 33.3 Å². The monoisotopic (exact) mass is 237 g/mol. The van der Waals surface area contributed by atoms with Crippen LogP contribution >= 0.6 is 0 Å². The van der Waals surface area contributed by atoms with Crippen LogP contribution in [0.5, 0.6) is 5.75 Å². The predicted molar refractivity (Wildman–Crippen MR) is 71.1 cm³/mol. The van der Waals surface area contributed by atoms with Crippen molar-refractivity contribution in [2.24, 2.45) is 5.92 Å². The molecule has 3 nitrogen and oxygen atoms in total. The summed E-state index contributed by atoms with van der Waals surface area (Å²) >= 11 is 0. The summed E-state index contributed by atoms with van der Waals surface area (Å²) in [6.45, 7) is 5.80. The van der Waals surface area contributed by atoms with Gasteiger partial charge in [0.2, 0.25) is 0 Å². The van der Waals surface area contributed by atoms with Crippen LogP contribution in [0.25, 0.3) is 0 Å². The molecule has 0 aliphatic heterocycles. The molecule has 0 spiro atoms. The third-order valence-corrected chi connectivity index (χ3v) is 2.63. The summed E-state index contributed by atoms with van der Waals surface area (Å²) in [7, 11) is 1.66. The largest absolute Gasteiger partial charge is 0.496 e. The minimum atomic E-state index is 0.562. The minimum Gasteiger partial charge on any atom is -0.496 e. The molecule has 0 aliphatic carbocycles. The first-order valence-electron chi connectivity index (χ1n) is 6.13. The molecule has 0 saturated carbocycles. The number of hydrogen-bond acceptors (Lipinski definition) is 3. The molecule has 0 radical (unpaired) electrons. The molecule has 0 aromatic heterocycles. The summed E-state index contributed by atoms with van der Waals surface area (Å²) in [5.74, 6) is 1.57. The Kier molecular flexibility index (Phi) is 5.84. The van der Waals surface area contributed by atoms with E-state index in [1.54, 1.807) is 7.11 Å². The van der Waals surface area contributed by atoms with Crippen LogP contribution in [0.1, 0.15) is 32.3 Å². The molecule has 0 aliphatic rings. The van der Waals surface area contributed by atoms with E-state index in [0.29, 0.717) is 6.61 Å². The van der Waals surface area contributed by atoms with Gasteiger partial charge in [0.15, 0.2) is 0 Å². The quantitative estimate of drug-likeness (QED) is 0.585. The Morgan fingerprint density at radius 1 is 1.29 bits per heavy atom. The number of nitrogen functional groups attached to an aromatic ring is 1. The molecular weight excluding hydrogens is 214 g/mol. The van der Waals surface area contributed by atoms with E-state index in [1.807, 2.05) is 18.2 Å². The van der Waals surface area contributed by atoms with E-state index < -0.39 is 0 Å². The molecule has 1 aromatic rings. The van der Waals surface area contributed by atoms with Crippen LogP contribution in [-0.4, -0.2) is 13.7 Å². The van der Waals surface area contributed by atoms with Crippen LogP contribution in [0.2, 0.25) is 0 Å². The van der Waals surface area contributed by atoms with Crippen molar-refractivity contribution in [3.05, 3.63) is 23.8 Å². The van der Waals surface area contributed by atoms with Gasteiger partial charge in [-0.3, -0.25) is 0 Å². The fraction of sp³-hybridized carbons (Fsp3) is 0.571. The Morgan fingerprint density at radius 2 is 2.06 bits per heavy atom.